The van der Waals surface area contributed by atoms with Crippen molar-refractivity contribution < 1.29 is 23.4 Å². The number of pyridine rings is 1. The number of rotatable bonds is 12. The second-order valence-corrected chi connectivity index (χ2v) is 25.0. The quantitative estimate of drug-likeness (QED) is 0.200. The van der Waals surface area contributed by atoms with Crippen LogP contribution < -0.4 is 4.74 Å². The summed E-state index contributed by atoms with van der Waals surface area (Å²) in [6.07, 6.45) is 0.531. The van der Waals surface area contributed by atoms with E-state index in [0.29, 0.717) is 45.3 Å². The molecule has 41 heavy (non-hydrogen) atoms. The maximum atomic E-state index is 14.5. The summed E-state index contributed by atoms with van der Waals surface area (Å²) in [4.78, 5) is 21.5. The van der Waals surface area contributed by atoms with Gasteiger partial charge in [0.25, 0.3) is 0 Å². The van der Waals surface area contributed by atoms with Gasteiger partial charge < -0.3 is 23.5 Å². The van der Waals surface area contributed by atoms with Crippen molar-refractivity contribution >= 4 is 22.3 Å². The number of fused-ring (bicyclic) bond motifs is 2. The number of ether oxygens (including phenoxy) is 3. The van der Waals surface area contributed by atoms with Crippen molar-refractivity contribution in [3.63, 3.8) is 0 Å². The average molecular weight is 599 g/mol. The molecule has 2 aliphatic heterocycles. The van der Waals surface area contributed by atoms with Crippen LogP contribution in [0.3, 0.4) is 0 Å². The van der Waals surface area contributed by atoms with Crippen LogP contribution in [0.25, 0.3) is 0 Å². The van der Waals surface area contributed by atoms with Gasteiger partial charge in [-0.2, -0.15) is 0 Å². The largest absolute Gasteiger partial charge is 0.473 e. The third-order valence-corrected chi connectivity index (χ3v) is 15.4. The van der Waals surface area contributed by atoms with Gasteiger partial charge in [-0.15, -0.1) is 0 Å². The SMILES string of the molecule is CC1(CCO[Si](C)(C)C(C)(C)C)C(=O)N(COCC[Si](C)(C)C)C2(COC2)c2ccc(OCc3ccccc3)nc21. The van der Waals surface area contributed by atoms with Gasteiger partial charge in [-0.25, -0.2) is 4.98 Å². The topological polar surface area (TPSA) is 70.1 Å². The molecule has 1 atom stereocenters. The molecule has 1 aromatic carbocycles. The van der Waals surface area contributed by atoms with Gasteiger partial charge in [-0.3, -0.25) is 4.79 Å². The van der Waals surface area contributed by atoms with Crippen molar-refractivity contribution in [3.05, 3.63) is 59.3 Å². The lowest BCUT2D eigenvalue weighted by atomic mass is 9.69. The average Bonchev–Trinajstić information content (AvgIpc) is 2.86. The zero-order valence-electron chi connectivity index (χ0n) is 26.6. The van der Waals surface area contributed by atoms with E-state index in [0.717, 1.165) is 22.9 Å². The Balaban J connectivity index is 1.65. The standard InChI is InChI=1S/C32H50N2O5Si2/c1-30(2,3)41(8,9)39-18-17-31(4)28-26(15-16-27(33-28)38-21-25-13-11-10-12-14-25)32(22-37-23-32)34(29(31)35)24-36-19-20-40(5,6)7/h10-16H,17-24H2,1-9H3. The Hall–Kier alpha value is -2.05. The fraction of sp³-hybridized carbons (Fsp3) is 0.625. The first-order valence-electron chi connectivity index (χ1n) is 14.9. The van der Waals surface area contributed by atoms with Crippen LogP contribution in [-0.4, -0.2) is 65.3 Å². The Labute approximate surface area is 249 Å². The molecule has 0 aliphatic carbocycles. The summed E-state index contributed by atoms with van der Waals surface area (Å²) in [7, 11) is -3.25. The van der Waals surface area contributed by atoms with Gasteiger partial charge >= 0.3 is 0 Å². The van der Waals surface area contributed by atoms with Crippen molar-refractivity contribution in [3.8, 4) is 5.88 Å². The van der Waals surface area contributed by atoms with Crippen molar-refractivity contribution in [2.45, 2.75) is 95.5 Å². The molecule has 9 heteroatoms. The van der Waals surface area contributed by atoms with Crippen LogP contribution in [0.2, 0.25) is 43.8 Å². The molecule has 3 heterocycles. The zero-order chi connectivity index (χ0) is 30.1. The summed E-state index contributed by atoms with van der Waals surface area (Å²) in [5.74, 6) is 0.542. The van der Waals surface area contributed by atoms with E-state index in [1.54, 1.807) is 0 Å². The third-order valence-electron chi connectivity index (χ3n) is 9.13. The van der Waals surface area contributed by atoms with E-state index in [-0.39, 0.29) is 17.7 Å². The molecule has 2 aromatic rings. The Morgan fingerprint density at radius 2 is 1.68 bits per heavy atom. The van der Waals surface area contributed by atoms with Gasteiger partial charge in [0, 0.05) is 32.9 Å². The summed E-state index contributed by atoms with van der Waals surface area (Å²) in [5, 5.41) is 0.0860. The normalized spacial score (nSPS) is 20.6. The highest BCUT2D eigenvalue weighted by Gasteiger charge is 2.59. The summed E-state index contributed by atoms with van der Waals surface area (Å²) in [6, 6.07) is 15.1. The Kier molecular flexibility index (Phi) is 9.26. The van der Waals surface area contributed by atoms with Crippen LogP contribution in [0.5, 0.6) is 5.88 Å². The second kappa shape index (κ2) is 11.9. The highest BCUT2D eigenvalue weighted by atomic mass is 28.4. The van der Waals surface area contributed by atoms with Crippen LogP contribution in [-0.2, 0) is 36.3 Å². The molecule has 1 spiro atoms. The third kappa shape index (κ3) is 6.80. The lowest BCUT2D eigenvalue weighted by Crippen LogP contribution is -2.68. The minimum atomic E-state index is -1.99. The molecular formula is C32H50N2O5Si2. The predicted octanol–water partition coefficient (Wildman–Crippen LogP) is 6.71. The van der Waals surface area contributed by atoms with E-state index in [1.807, 2.05) is 48.2 Å². The smallest absolute Gasteiger partial charge is 0.237 e. The molecule has 0 N–H and O–H groups in total. The van der Waals surface area contributed by atoms with Crippen LogP contribution in [0.1, 0.15) is 50.9 Å². The fourth-order valence-electron chi connectivity index (χ4n) is 5.06. The van der Waals surface area contributed by atoms with E-state index >= 15 is 0 Å². The van der Waals surface area contributed by atoms with Crippen LogP contribution in [0.15, 0.2) is 42.5 Å². The lowest BCUT2D eigenvalue weighted by molar-refractivity contribution is -0.197. The molecule has 0 bridgehead atoms. The Bertz CT molecular complexity index is 1200. The van der Waals surface area contributed by atoms with Crippen LogP contribution in [0, 0.1) is 0 Å². The first-order valence-corrected chi connectivity index (χ1v) is 21.5. The van der Waals surface area contributed by atoms with Crippen LogP contribution in [0.4, 0.5) is 0 Å². The molecule has 1 aromatic heterocycles. The van der Waals surface area contributed by atoms with Gasteiger partial charge in [0.05, 0.1) is 24.3 Å². The van der Waals surface area contributed by atoms with E-state index in [2.05, 4.69) is 59.6 Å². The second-order valence-electron chi connectivity index (χ2n) is 14.6. The van der Waals surface area contributed by atoms with Crippen molar-refractivity contribution in [1.82, 2.24) is 9.88 Å². The number of nitrogens with zero attached hydrogens (tertiary/aromatic N) is 2. The number of benzene rings is 1. The molecule has 2 aliphatic rings. The van der Waals surface area contributed by atoms with Gasteiger partial charge in [0.1, 0.15) is 18.9 Å². The highest BCUT2D eigenvalue weighted by Crippen LogP contribution is 2.49. The molecule has 1 unspecified atom stereocenters. The monoisotopic (exact) mass is 598 g/mol. The number of carbonyl (C=O) groups excluding carboxylic acids is 1. The number of hydrogen-bond acceptors (Lipinski definition) is 6. The molecule has 1 fully saturated rings. The van der Waals surface area contributed by atoms with Gasteiger partial charge in [-0.05, 0) is 49.2 Å². The van der Waals surface area contributed by atoms with E-state index in [4.69, 9.17) is 23.6 Å². The highest BCUT2D eigenvalue weighted by molar-refractivity contribution is 6.76. The molecule has 0 saturated carbocycles. The van der Waals surface area contributed by atoms with E-state index in [9.17, 15) is 4.79 Å². The molecule has 0 radical (unpaired) electrons. The first kappa shape index (κ1) is 31.9. The van der Waals surface area contributed by atoms with Gasteiger partial charge in [0.2, 0.25) is 11.8 Å². The Morgan fingerprint density at radius 3 is 2.27 bits per heavy atom. The van der Waals surface area contributed by atoms with Crippen LogP contribution >= 0.6 is 0 Å². The number of hydrogen-bond donors (Lipinski definition) is 0. The summed E-state index contributed by atoms with van der Waals surface area (Å²) >= 11 is 0. The minimum absolute atomic E-state index is 0.0212. The van der Waals surface area contributed by atoms with Gasteiger partial charge in [-0.1, -0.05) is 70.7 Å². The zero-order valence-corrected chi connectivity index (χ0v) is 28.6. The van der Waals surface area contributed by atoms with E-state index in [1.165, 1.54) is 0 Å². The molecule has 1 amide bonds. The van der Waals surface area contributed by atoms with Crippen molar-refractivity contribution in [2.24, 2.45) is 0 Å². The number of aromatic nitrogens is 1. The molecule has 7 nitrogen and oxygen atoms in total. The predicted molar refractivity (Wildman–Crippen MR) is 168 cm³/mol. The first-order chi connectivity index (χ1) is 19.1. The molecule has 4 rings (SSSR count). The molecule has 226 valence electrons. The summed E-state index contributed by atoms with van der Waals surface area (Å²) in [6.45, 7) is 22.9. The molecular weight excluding hydrogens is 549 g/mol. The maximum absolute atomic E-state index is 14.5. The summed E-state index contributed by atoms with van der Waals surface area (Å²) < 4.78 is 24.7. The summed E-state index contributed by atoms with van der Waals surface area (Å²) in [5.41, 5.74) is 1.41. The van der Waals surface area contributed by atoms with E-state index < -0.39 is 27.3 Å². The van der Waals surface area contributed by atoms with Gasteiger partial charge in [0.15, 0.2) is 8.32 Å². The van der Waals surface area contributed by atoms with Crippen molar-refractivity contribution in [2.75, 3.05) is 33.2 Å². The molecule has 1 saturated heterocycles. The maximum Gasteiger partial charge on any atom is 0.237 e. The van der Waals surface area contributed by atoms with Crippen molar-refractivity contribution in [1.29, 1.82) is 0 Å². The lowest BCUT2D eigenvalue weighted by Gasteiger charge is -2.56. The number of carbonyl (C=O) groups is 1. The number of amides is 1. The Morgan fingerprint density at radius 1 is 1.00 bits per heavy atom. The minimum Gasteiger partial charge on any atom is -0.473 e. The fourth-order valence-corrected chi connectivity index (χ4v) is 6.87.